The molecule has 0 heterocycles. The molecule has 0 spiro atoms. The molecule has 2 aromatic rings. The van der Waals surface area contributed by atoms with Gasteiger partial charge in [0.15, 0.2) is 11.5 Å². The van der Waals surface area contributed by atoms with Crippen LogP contribution in [0.15, 0.2) is 42.5 Å². The summed E-state index contributed by atoms with van der Waals surface area (Å²) in [6.45, 7) is 4.33. The number of halogens is 1. The fourth-order valence-electron chi connectivity index (χ4n) is 2.61. The van der Waals surface area contributed by atoms with Crippen molar-refractivity contribution in [2.24, 2.45) is 0 Å². The fourth-order valence-corrected chi connectivity index (χ4v) is 2.61. The van der Waals surface area contributed by atoms with Crippen molar-refractivity contribution in [2.45, 2.75) is 45.7 Å². The second kappa shape index (κ2) is 10.7. The van der Waals surface area contributed by atoms with Crippen molar-refractivity contribution in [3.8, 4) is 11.5 Å². The lowest BCUT2D eigenvalue weighted by Crippen LogP contribution is -2.12. The molecule has 0 aliphatic rings. The van der Waals surface area contributed by atoms with E-state index in [2.05, 4.69) is 12.2 Å². The number of ether oxygens (including phenoxy) is 2. The van der Waals surface area contributed by atoms with Gasteiger partial charge >= 0.3 is 0 Å². The predicted octanol–water partition coefficient (Wildman–Crippen LogP) is 5.08. The van der Waals surface area contributed by atoms with Gasteiger partial charge < -0.3 is 14.8 Å². The zero-order valence-corrected chi connectivity index (χ0v) is 15.2. The Labute approximate surface area is 150 Å². The quantitative estimate of drug-likeness (QED) is 0.576. The van der Waals surface area contributed by atoms with E-state index in [1.54, 1.807) is 19.2 Å². The second-order valence-corrected chi connectivity index (χ2v) is 6.12. The third-order valence-electron chi connectivity index (χ3n) is 4.05. The zero-order chi connectivity index (χ0) is 17.9. The first-order valence-corrected chi connectivity index (χ1v) is 8.97. The molecule has 25 heavy (non-hydrogen) atoms. The van der Waals surface area contributed by atoms with Crippen LogP contribution >= 0.6 is 0 Å². The highest BCUT2D eigenvalue weighted by Gasteiger charge is 2.06. The molecule has 0 aliphatic heterocycles. The van der Waals surface area contributed by atoms with E-state index in [4.69, 9.17) is 9.47 Å². The fraction of sp³-hybridized carbons (Fsp3) is 0.429. The van der Waals surface area contributed by atoms with Crippen molar-refractivity contribution < 1.29 is 13.9 Å². The lowest BCUT2D eigenvalue weighted by molar-refractivity contribution is 0.285. The van der Waals surface area contributed by atoms with Crippen LogP contribution in [-0.4, -0.2) is 13.7 Å². The molecule has 0 bridgehead atoms. The van der Waals surface area contributed by atoms with Crippen molar-refractivity contribution in [3.63, 3.8) is 0 Å². The minimum absolute atomic E-state index is 0.209. The number of nitrogens with one attached hydrogen (secondary N) is 1. The van der Waals surface area contributed by atoms with Gasteiger partial charge in [0.2, 0.25) is 0 Å². The highest BCUT2D eigenvalue weighted by Crippen LogP contribution is 2.28. The number of hydrogen-bond donors (Lipinski definition) is 1. The Balaban J connectivity index is 1.82. The topological polar surface area (TPSA) is 30.5 Å². The van der Waals surface area contributed by atoms with Crippen LogP contribution in [-0.2, 0) is 13.1 Å². The lowest BCUT2D eigenvalue weighted by Gasteiger charge is -2.13. The zero-order valence-electron chi connectivity index (χ0n) is 15.2. The highest BCUT2D eigenvalue weighted by molar-refractivity contribution is 5.43. The standard InChI is InChI=1S/C21H28FNO2/c1-3-4-5-6-13-25-20-12-9-18(14-21(20)24-2)16-23-15-17-7-10-19(22)11-8-17/h7-12,14,23H,3-6,13,15-16H2,1-2H3. The SMILES string of the molecule is CCCCCCOc1ccc(CNCc2ccc(F)cc2)cc1OC. The summed E-state index contributed by atoms with van der Waals surface area (Å²) >= 11 is 0. The summed E-state index contributed by atoms with van der Waals surface area (Å²) in [6, 6.07) is 12.5. The van der Waals surface area contributed by atoms with Crippen molar-refractivity contribution in [3.05, 3.63) is 59.4 Å². The molecular weight excluding hydrogens is 317 g/mol. The molecule has 0 saturated carbocycles. The molecule has 0 amide bonds. The van der Waals surface area contributed by atoms with Crippen molar-refractivity contribution in [1.29, 1.82) is 0 Å². The van der Waals surface area contributed by atoms with Gasteiger partial charge in [0.1, 0.15) is 5.82 Å². The summed E-state index contributed by atoms with van der Waals surface area (Å²) in [7, 11) is 1.66. The summed E-state index contributed by atoms with van der Waals surface area (Å²) < 4.78 is 24.2. The molecule has 2 aromatic carbocycles. The predicted molar refractivity (Wildman–Crippen MR) is 99.6 cm³/mol. The minimum Gasteiger partial charge on any atom is -0.493 e. The van der Waals surface area contributed by atoms with Crippen molar-refractivity contribution in [1.82, 2.24) is 5.32 Å². The van der Waals surface area contributed by atoms with Crippen LogP contribution in [0.4, 0.5) is 4.39 Å². The van der Waals surface area contributed by atoms with Crippen LogP contribution in [0.25, 0.3) is 0 Å². The maximum absolute atomic E-state index is 12.9. The van der Waals surface area contributed by atoms with Gasteiger partial charge in [-0.3, -0.25) is 0 Å². The number of rotatable bonds is 11. The number of unbranched alkanes of at least 4 members (excludes halogenated alkanes) is 3. The summed E-state index contributed by atoms with van der Waals surface area (Å²) in [6.07, 6.45) is 4.74. The Kier molecular flexibility index (Phi) is 8.26. The summed E-state index contributed by atoms with van der Waals surface area (Å²) in [5.41, 5.74) is 2.18. The van der Waals surface area contributed by atoms with Gasteiger partial charge in [-0.1, -0.05) is 44.4 Å². The molecule has 4 heteroatoms. The number of hydrogen-bond acceptors (Lipinski definition) is 3. The van der Waals surface area contributed by atoms with E-state index in [-0.39, 0.29) is 5.82 Å². The number of methoxy groups -OCH3 is 1. The van der Waals surface area contributed by atoms with Gasteiger partial charge in [-0.15, -0.1) is 0 Å². The highest BCUT2D eigenvalue weighted by atomic mass is 19.1. The van der Waals surface area contributed by atoms with E-state index in [1.165, 1.54) is 31.4 Å². The molecule has 0 unspecified atom stereocenters. The Bertz CT molecular complexity index is 628. The van der Waals surface area contributed by atoms with Crippen LogP contribution in [0.3, 0.4) is 0 Å². The van der Waals surface area contributed by atoms with Crippen LogP contribution < -0.4 is 14.8 Å². The maximum atomic E-state index is 12.9. The Morgan fingerprint density at radius 1 is 0.880 bits per heavy atom. The first-order chi connectivity index (χ1) is 12.2. The second-order valence-electron chi connectivity index (χ2n) is 6.12. The van der Waals surface area contributed by atoms with Gasteiger partial charge in [-0.25, -0.2) is 4.39 Å². The molecular formula is C21H28FNO2. The minimum atomic E-state index is -0.209. The van der Waals surface area contributed by atoms with Crippen LogP contribution in [0.2, 0.25) is 0 Å². The van der Waals surface area contributed by atoms with Gasteiger partial charge in [0, 0.05) is 13.1 Å². The summed E-state index contributed by atoms with van der Waals surface area (Å²) in [4.78, 5) is 0. The molecule has 0 aromatic heterocycles. The Morgan fingerprint density at radius 2 is 1.60 bits per heavy atom. The van der Waals surface area contributed by atoms with Crippen molar-refractivity contribution in [2.75, 3.05) is 13.7 Å². The average Bonchev–Trinajstić information content (AvgIpc) is 2.64. The van der Waals surface area contributed by atoms with Crippen LogP contribution in [0.5, 0.6) is 11.5 Å². The Hall–Kier alpha value is -2.07. The molecule has 1 N–H and O–H groups in total. The molecule has 136 valence electrons. The van der Waals surface area contributed by atoms with E-state index < -0.39 is 0 Å². The molecule has 0 atom stereocenters. The first kappa shape index (κ1) is 19.3. The summed E-state index contributed by atoms with van der Waals surface area (Å²) in [5, 5.41) is 3.36. The van der Waals surface area contributed by atoms with Gasteiger partial charge in [-0.05, 0) is 41.8 Å². The third-order valence-corrected chi connectivity index (χ3v) is 4.05. The van der Waals surface area contributed by atoms with Crippen LogP contribution in [0, 0.1) is 5.82 Å². The van der Waals surface area contributed by atoms with Gasteiger partial charge in [0.25, 0.3) is 0 Å². The largest absolute Gasteiger partial charge is 0.493 e. The lowest BCUT2D eigenvalue weighted by atomic mass is 10.2. The van der Waals surface area contributed by atoms with Gasteiger partial charge in [0.05, 0.1) is 13.7 Å². The van der Waals surface area contributed by atoms with E-state index in [9.17, 15) is 4.39 Å². The summed E-state index contributed by atoms with van der Waals surface area (Å²) in [5.74, 6) is 1.34. The molecule has 3 nitrogen and oxygen atoms in total. The van der Waals surface area contributed by atoms with Gasteiger partial charge in [-0.2, -0.15) is 0 Å². The smallest absolute Gasteiger partial charge is 0.161 e. The molecule has 0 aliphatic carbocycles. The third kappa shape index (κ3) is 6.75. The molecule has 0 fully saturated rings. The maximum Gasteiger partial charge on any atom is 0.161 e. The number of benzene rings is 2. The molecule has 2 rings (SSSR count). The molecule has 0 radical (unpaired) electrons. The molecule has 0 saturated heterocycles. The average molecular weight is 345 g/mol. The van der Waals surface area contributed by atoms with E-state index in [0.717, 1.165) is 35.7 Å². The first-order valence-electron chi connectivity index (χ1n) is 8.97. The Morgan fingerprint density at radius 3 is 2.32 bits per heavy atom. The van der Waals surface area contributed by atoms with E-state index >= 15 is 0 Å². The van der Waals surface area contributed by atoms with E-state index in [1.807, 2.05) is 18.2 Å². The monoisotopic (exact) mass is 345 g/mol. The van der Waals surface area contributed by atoms with E-state index in [0.29, 0.717) is 13.1 Å². The normalized spacial score (nSPS) is 10.7. The van der Waals surface area contributed by atoms with Crippen LogP contribution in [0.1, 0.15) is 43.7 Å². The van der Waals surface area contributed by atoms with Crippen molar-refractivity contribution >= 4 is 0 Å².